The second-order valence-corrected chi connectivity index (χ2v) is 10.7. The van der Waals surface area contributed by atoms with E-state index in [4.69, 9.17) is 27.9 Å². The Morgan fingerprint density at radius 1 is 0.949 bits per heavy atom. The summed E-state index contributed by atoms with van der Waals surface area (Å²) in [6.07, 6.45) is 5.12. The summed E-state index contributed by atoms with van der Waals surface area (Å²) in [6.45, 7) is 5.57. The molecule has 2 aromatic heterocycles. The maximum atomic E-state index is 14.1. The molecule has 0 saturated heterocycles. The fraction of sp³-hybridized carbons (Fsp3) is 0.219. The van der Waals surface area contributed by atoms with Gasteiger partial charge in [0.1, 0.15) is 17.1 Å². The number of amides is 1. The zero-order valence-corrected chi connectivity index (χ0v) is 23.4. The van der Waals surface area contributed by atoms with Crippen LogP contribution in [0.15, 0.2) is 72.9 Å². The summed E-state index contributed by atoms with van der Waals surface area (Å²) >= 11 is 12.4. The van der Waals surface area contributed by atoms with Gasteiger partial charge in [-0.25, -0.2) is 0 Å². The number of hydrogen-bond donors (Lipinski definition) is 1. The minimum absolute atomic E-state index is 0.193. The van der Waals surface area contributed by atoms with E-state index in [2.05, 4.69) is 63.8 Å². The summed E-state index contributed by atoms with van der Waals surface area (Å²) in [4.78, 5) is 14.1. The van der Waals surface area contributed by atoms with Gasteiger partial charge in [0.05, 0.1) is 22.3 Å². The Balaban J connectivity index is 1.56. The van der Waals surface area contributed by atoms with Crippen molar-refractivity contribution in [2.45, 2.75) is 39.7 Å². The molecule has 0 unspecified atom stereocenters. The van der Waals surface area contributed by atoms with Crippen molar-refractivity contribution in [2.75, 3.05) is 11.9 Å². The number of benzene rings is 3. The highest BCUT2D eigenvalue weighted by Gasteiger charge is 2.29. The molecule has 3 aromatic carbocycles. The molecule has 0 aliphatic carbocycles. The van der Waals surface area contributed by atoms with Gasteiger partial charge in [0, 0.05) is 29.6 Å². The van der Waals surface area contributed by atoms with Crippen LogP contribution in [0.4, 0.5) is 5.69 Å². The van der Waals surface area contributed by atoms with Crippen molar-refractivity contribution in [3.8, 4) is 28.1 Å². The monoisotopic (exact) mass is 557 g/mol. The van der Waals surface area contributed by atoms with Crippen molar-refractivity contribution in [1.29, 1.82) is 0 Å². The van der Waals surface area contributed by atoms with Crippen LogP contribution in [0.2, 0.25) is 10.0 Å². The molecule has 5 aromatic rings. The topological polar surface area (TPSA) is 47.7 Å². The average molecular weight is 559 g/mol. The standard InChI is InChI=1S/C32H29Cl2N3O2/c1-3-39-24-14-11-21(12-15-24)28-19-37-30(31(38)35-23-13-16-26(33)27(34)18-23)29(22-9-7-20(2)8-10-22)25-6-4-5-17-36(28)32(25)37/h7-16,18-19H,3-6,17H2,1-2H3,(H,35,38). The van der Waals surface area contributed by atoms with Crippen LogP contribution >= 0.6 is 23.2 Å². The zero-order chi connectivity index (χ0) is 27.1. The quantitative estimate of drug-likeness (QED) is 0.227. The lowest BCUT2D eigenvalue weighted by molar-refractivity contribution is 0.102. The Hall–Kier alpha value is -3.67. The van der Waals surface area contributed by atoms with Crippen molar-refractivity contribution in [1.82, 2.24) is 8.97 Å². The normalized spacial score (nSPS) is 12.9. The van der Waals surface area contributed by atoms with Gasteiger partial charge >= 0.3 is 0 Å². The van der Waals surface area contributed by atoms with Crippen molar-refractivity contribution in [2.24, 2.45) is 0 Å². The lowest BCUT2D eigenvalue weighted by Gasteiger charge is -2.11. The molecule has 0 saturated carbocycles. The van der Waals surface area contributed by atoms with Crippen LogP contribution in [0.3, 0.4) is 0 Å². The molecule has 0 fully saturated rings. The van der Waals surface area contributed by atoms with E-state index in [-0.39, 0.29) is 5.91 Å². The lowest BCUT2D eigenvalue weighted by atomic mass is 9.97. The van der Waals surface area contributed by atoms with Gasteiger partial charge < -0.3 is 14.6 Å². The van der Waals surface area contributed by atoms with Crippen LogP contribution in [-0.4, -0.2) is 21.5 Å². The highest BCUT2D eigenvalue weighted by atomic mass is 35.5. The third kappa shape index (κ3) is 4.70. The Labute approximate surface area is 237 Å². The predicted octanol–water partition coefficient (Wildman–Crippen LogP) is 8.68. The molecule has 3 heterocycles. The molecule has 198 valence electrons. The van der Waals surface area contributed by atoms with Gasteiger partial charge in [-0.3, -0.25) is 9.20 Å². The molecule has 39 heavy (non-hydrogen) atoms. The summed E-state index contributed by atoms with van der Waals surface area (Å²) in [6, 6.07) is 21.7. The van der Waals surface area contributed by atoms with E-state index >= 15 is 0 Å². The van der Waals surface area contributed by atoms with Gasteiger partial charge in [0.25, 0.3) is 5.91 Å². The Morgan fingerprint density at radius 2 is 1.69 bits per heavy atom. The largest absolute Gasteiger partial charge is 0.494 e. The van der Waals surface area contributed by atoms with E-state index in [0.29, 0.717) is 28.0 Å². The number of carbonyl (C=O) groups excluding carboxylic acids is 1. The van der Waals surface area contributed by atoms with Crippen molar-refractivity contribution >= 4 is 40.4 Å². The average Bonchev–Trinajstić information content (AvgIpc) is 3.35. The number of hydrogen-bond acceptors (Lipinski definition) is 2. The van der Waals surface area contributed by atoms with E-state index in [0.717, 1.165) is 59.6 Å². The number of imidazole rings is 1. The van der Waals surface area contributed by atoms with Gasteiger partial charge in [-0.2, -0.15) is 0 Å². The van der Waals surface area contributed by atoms with E-state index < -0.39 is 0 Å². The first-order chi connectivity index (χ1) is 18.9. The number of anilines is 1. The second-order valence-electron chi connectivity index (χ2n) is 9.93. The number of halogens is 2. The van der Waals surface area contributed by atoms with Crippen LogP contribution < -0.4 is 10.1 Å². The molecule has 0 bridgehead atoms. The van der Waals surface area contributed by atoms with E-state index in [9.17, 15) is 4.79 Å². The van der Waals surface area contributed by atoms with Crippen molar-refractivity contribution in [3.63, 3.8) is 0 Å². The van der Waals surface area contributed by atoms with E-state index in [1.807, 2.05) is 19.1 Å². The van der Waals surface area contributed by atoms with Gasteiger partial charge in [0.2, 0.25) is 0 Å². The Bertz CT molecular complexity index is 1680. The molecule has 6 rings (SSSR count). The Kier molecular flexibility index (Phi) is 6.88. The number of rotatable bonds is 6. The molecule has 1 N–H and O–H groups in total. The molecule has 0 atom stereocenters. The van der Waals surface area contributed by atoms with Crippen molar-refractivity contribution < 1.29 is 9.53 Å². The first-order valence-electron chi connectivity index (χ1n) is 13.3. The van der Waals surface area contributed by atoms with E-state index in [1.165, 1.54) is 11.1 Å². The van der Waals surface area contributed by atoms with Crippen LogP contribution in [0.25, 0.3) is 28.0 Å². The number of ether oxygens (including phenoxy) is 1. The number of nitrogens with one attached hydrogen (secondary N) is 1. The fourth-order valence-electron chi connectivity index (χ4n) is 5.52. The number of carbonyl (C=O) groups is 1. The maximum Gasteiger partial charge on any atom is 0.273 e. The number of nitrogens with zero attached hydrogens (tertiary/aromatic N) is 2. The highest BCUT2D eigenvalue weighted by molar-refractivity contribution is 6.42. The molecule has 1 amide bonds. The predicted molar refractivity (Wildman–Crippen MR) is 160 cm³/mol. The highest BCUT2D eigenvalue weighted by Crippen LogP contribution is 2.40. The van der Waals surface area contributed by atoms with E-state index in [1.54, 1.807) is 18.2 Å². The molecule has 0 spiro atoms. The van der Waals surface area contributed by atoms with Crippen LogP contribution in [0.5, 0.6) is 5.75 Å². The fourth-order valence-corrected chi connectivity index (χ4v) is 5.82. The zero-order valence-electron chi connectivity index (χ0n) is 21.9. The molecule has 1 aliphatic heterocycles. The van der Waals surface area contributed by atoms with Gasteiger partial charge in [-0.15, -0.1) is 0 Å². The smallest absolute Gasteiger partial charge is 0.273 e. The molecule has 1 aliphatic rings. The SMILES string of the molecule is CCOc1ccc(-c2cn3c(C(=O)Nc4ccc(Cl)c(Cl)c4)c(-c4ccc(C)cc4)c4c3n2CCCC4)cc1. The molecule has 0 radical (unpaired) electrons. The minimum atomic E-state index is -0.193. The lowest BCUT2D eigenvalue weighted by Crippen LogP contribution is -2.15. The molecular weight excluding hydrogens is 529 g/mol. The molecular formula is C32H29Cl2N3O2. The summed E-state index contributed by atoms with van der Waals surface area (Å²) in [5.74, 6) is 0.653. The van der Waals surface area contributed by atoms with Gasteiger partial charge in [-0.1, -0.05) is 53.0 Å². The van der Waals surface area contributed by atoms with Gasteiger partial charge in [-0.05, 0) is 86.7 Å². The summed E-state index contributed by atoms with van der Waals surface area (Å²) < 4.78 is 10.1. The van der Waals surface area contributed by atoms with Crippen LogP contribution in [0, 0.1) is 6.92 Å². The first-order valence-corrected chi connectivity index (χ1v) is 14.0. The van der Waals surface area contributed by atoms with Crippen molar-refractivity contribution in [3.05, 3.63) is 99.8 Å². The van der Waals surface area contributed by atoms with Gasteiger partial charge in [0.15, 0.2) is 0 Å². The first kappa shape index (κ1) is 25.6. The Morgan fingerprint density at radius 3 is 2.41 bits per heavy atom. The maximum absolute atomic E-state index is 14.1. The molecule has 5 nitrogen and oxygen atoms in total. The number of aromatic nitrogens is 2. The number of aryl methyl sites for hydroxylation is 3. The van der Waals surface area contributed by atoms with Crippen LogP contribution in [-0.2, 0) is 13.0 Å². The third-order valence-electron chi connectivity index (χ3n) is 7.33. The summed E-state index contributed by atoms with van der Waals surface area (Å²) in [5.41, 5.74) is 8.85. The third-order valence-corrected chi connectivity index (χ3v) is 8.07. The van der Waals surface area contributed by atoms with Crippen LogP contribution in [0.1, 0.15) is 41.4 Å². The molecule has 7 heteroatoms. The summed E-state index contributed by atoms with van der Waals surface area (Å²) in [7, 11) is 0. The second kappa shape index (κ2) is 10.5. The summed E-state index contributed by atoms with van der Waals surface area (Å²) in [5, 5.41) is 3.92. The minimum Gasteiger partial charge on any atom is -0.494 e.